The van der Waals surface area contributed by atoms with E-state index in [1.165, 1.54) is 5.56 Å². The standard InChI is InChI=1S/C15H22O2S/c1-8(2)18-14-12-10(4)11(16)7-9(3)13(12)17-15(14,5)6/h7-8,14,16H,1-6H3. The third-order valence-corrected chi connectivity index (χ3v) is 5.03. The van der Waals surface area contributed by atoms with Crippen molar-refractivity contribution in [2.45, 2.75) is 57.6 Å². The van der Waals surface area contributed by atoms with Crippen LogP contribution < -0.4 is 4.74 Å². The van der Waals surface area contributed by atoms with Crippen molar-refractivity contribution in [3.63, 3.8) is 0 Å². The van der Waals surface area contributed by atoms with Crippen molar-refractivity contribution in [2.75, 3.05) is 0 Å². The summed E-state index contributed by atoms with van der Waals surface area (Å²) in [5.41, 5.74) is 2.93. The van der Waals surface area contributed by atoms with E-state index in [1.807, 2.05) is 25.6 Å². The third kappa shape index (κ3) is 2.09. The van der Waals surface area contributed by atoms with Gasteiger partial charge in [0.05, 0.1) is 5.25 Å². The third-order valence-electron chi connectivity index (χ3n) is 3.41. The number of aryl methyl sites for hydroxylation is 1. The predicted octanol–water partition coefficient (Wildman–Crippen LogP) is 4.36. The molecular weight excluding hydrogens is 244 g/mol. The lowest BCUT2D eigenvalue weighted by atomic mass is 9.95. The van der Waals surface area contributed by atoms with Gasteiger partial charge in [0.15, 0.2) is 0 Å². The number of benzene rings is 1. The highest BCUT2D eigenvalue weighted by Gasteiger charge is 2.44. The van der Waals surface area contributed by atoms with Crippen LogP contribution in [0.3, 0.4) is 0 Å². The van der Waals surface area contributed by atoms with Crippen molar-refractivity contribution in [1.82, 2.24) is 0 Å². The van der Waals surface area contributed by atoms with Crippen LogP contribution in [0.2, 0.25) is 0 Å². The van der Waals surface area contributed by atoms with Gasteiger partial charge in [0.1, 0.15) is 17.1 Å². The molecule has 1 unspecified atom stereocenters. The van der Waals surface area contributed by atoms with Gasteiger partial charge >= 0.3 is 0 Å². The molecule has 0 radical (unpaired) electrons. The van der Waals surface area contributed by atoms with E-state index in [4.69, 9.17) is 4.74 Å². The summed E-state index contributed by atoms with van der Waals surface area (Å²) in [6.45, 7) is 12.6. The first-order valence-corrected chi connectivity index (χ1v) is 7.36. The number of aromatic hydroxyl groups is 1. The highest BCUT2D eigenvalue weighted by molar-refractivity contribution is 8.00. The Morgan fingerprint density at radius 2 is 1.94 bits per heavy atom. The van der Waals surface area contributed by atoms with E-state index in [2.05, 4.69) is 27.7 Å². The maximum atomic E-state index is 10.0. The van der Waals surface area contributed by atoms with E-state index in [-0.39, 0.29) is 10.9 Å². The molecule has 1 aliphatic heterocycles. The second kappa shape index (κ2) is 4.37. The van der Waals surface area contributed by atoms with Crippen molar-refractivity contribution in [3.05, 3.63) is 22.8 Å². The molecule has 1 atom stereocenters. The highest BCUT2D eigenvalue weighted by Crippen LogP contribution is 2.55. The Morgan fingerprint density at radius 3 is 2.50 bits per heavy atom. The molecule has 3 heteroatoms. The molecule has 0 amide bonds. The summed E-state index contributed by atoms with van der Waals surface area (Å²) in [5, 5.41) is 10.8. The lowest BCUT2D eigenvalue weighted by molar-refractivity contribution is 0.134. The number of phenols is 1. The van der Waals surface area contributed by atoms with E-state index in [0.29, 0.717) is 11.0 Å². The maximum Gasteiger partial charge on any atom is 0.128 e. The van der Waals surface area contributed by atoms with Crippen molar-refractivity contribution >= 4 is 11.8 Å². The molecule has 1 aliphatic rings. The summed E-state index contributed by atoms with van der Waals surface area (Å²) >= 11 is 1.91. The van der Waals surface area contributed by atoms with Crippen LogP contribution in [0.4, 0.5) is 0 Å². The Balaban J connectivity index is 2.58. The van der Waals surface area contributed by atoms with Gasteiger partial charge in [-0.3, -0.25) is 0 Å². The number of phenolic OH excluding ortho intramolecular Hbond substituents is 1. The summed E-state index contributed by atoms with van der Waals surface area (Å²) in [5.74, 6) is 1.34. The van der Waals surface area contributed by atoms with Gasteiger partial charge < -0.3 is 9.84 Å². The predicted molar refractivity (Wildman–Crippen MR) is 77.8 cm³/mol. The van der Waals surface area contributed by atoms with Gasteiger partial charge in [0.2, 0.25) is 0 Å². The Bertz CT molecular complexity index is 478. The molecule has 2 nitrogen and oxygen atoms in total. The first-order chi connectivity index (χ1) is 8.24. The Kier molecular flexibility index (Phi) is 3.30. The average molecular weight is 266 g/mol. The summed E-state index contributed by atoms with van der Waals surface area (Å²) in [4.78, 5) is 0. The molecule has 0 fully saturated rings. The fourth-order valence-corrected chi connectivity index (χ4v) is 3.86. The van der Waals surface area contributed by atoms with Gasteiger partial charge in [-0.1, -0.05) is 13.8 Å². The van der Waals surface area contributed by atoms with E-state index in [9.17, 15) is 5.11 Å². The molecular formula is C15H22O2S. The van der Waals surface area contributed by atoms with E-state index < -0.39 is 0 Å². The second-order valence-electron chi connectivity index (χ2n) is 5.85. The van der Waals surface area contributed by atoms with Crippen LogP contribution in [0.15, 0.2) is 6.07 Å². The lowest BCUT2D eigenvalue weighted by Crippen LogP contribution is -2.29. The Hall–Kier alpha value is -0.830. The van der Waals surface area contributed by atoms with E-state index in [0.717, 1.165) is 16.9 Å². The zero-order chi connectivity index (χ0) is 13.7. The molecule has 1 aromatic carbocycles. The lowest BCUT2D eigenvalue weighted by Gasteiger charge is -2.27. The van der Waals surface area contributed by atoms with E-state index >= 15 is 0 Å². The van der Waals surface area contributed by atoms with Gasteiger partial charge in [-0.25, -0.2) is 0 Å². The Labute approximate surface area is 114 Å². The summed E-state index contributed by atoms with van der Waals surface area (Å²) in [6, 6.07) is 1.80. The smallest absolute Gasteiger partial charge is 0.128 e. The molecule has 0 aliphatic carbocycles. The minimum absolute atomic E-state index is 0.222. The number of ether oxygens (including phenoxy) is 1. The SMILES string of the molecule is Cc1cc(O)c(C)c2c1OC(C)(C)C2SC(C)C. The van der Waals surface area contributed by atoms with Crippen LogP contribution in [0, 0.1) is 13.8 Å². The highest BCUT2D eigenvalue weighted by atomic mass is 32.2. The van der Waals surface area contributed by atoms with Gasteiger partial charge in [0, 0.05) is 5.56 Å². The van der Waals surface area contributed by atoms with Crippen LogP contribution >= 0.6 is 11.8 Å². The molecule has 1 aromatic rings. The molecule has 0 saturated heterocycles. The maximum absolute atomic E-state index is 10.0. The molecule has 0 saturated carbocycles. The molecule has 100 valence electrons. The van der Waals surface area contributed by atoms with Crippen molar-refractivity contribution in [1.29, 1.82) is 0 Å². The van der Waals surface area contributed by atoms with Crippen LogP contribution in [0.5, 0.6) is 11.5 Å². The van der Waals surface area contributed by atoms with Gasteiger partial charge in [0.25, 0.3) is 0 Å². The molecule has 1 heterocycles. The molecule has 0 aromatic heterocycles. The van der Waals surface area contributed by atoms with Crippen LogP contribution in [-0.4, -0.2) is 16.0 Å². The summed E-state index contributed by atoms with van der Waals surface area (Å²) in [7, 11) is 0. The quantitative estimate of drug-likeness (QED) is 0.862. The molecule has 0 bridgehead atoms. The van der Waals surface area contributed by atoms with Crippen LogP contribution in [0.1, 0.15) is 49.6 Å². The first-order valence-electron chi connectivity index (χ1n) is 6.41. The summed E-state index contributed by atoms with van der Waals surface area (Å²) < 4.78 is 6.14. The monoisotopic (exact) mass is 266 g/mol. The second-order valence-corrected chi connectivity index (χ2v) is 7.54. The van der Waals surface area contributed by atoms with E-state index in [1.54, 1.807) is 6.07 Å². The number of rotatable bonds is 2. The van der Waals surface area contributed by atoms with Crippen LogP contribution in [-0.2, 0) is 0 Å². The first kappa shape index (κ1) is 13.6. The number of fused-ring (bicyclic) bond motifs is 1. The number of thioether (sulfide) groups is 1. The molecule has 1 N–H and O–H groups in total. The zero-order valence-corrected chi connectivity index (χ0v) is 12.8. The van der Waals surface area contributed by atoms with Crippen molar-refractivity contribution in [2.24, 2.45) is 0 Å². The van der Waals surface area contributed by atoms with Gasteiger partial charge in [-0.2, -0.15) is 0 Å². The molecule has 18 heavy (non-hydrogen) atoms. The fourth-order valence-electron chi connectivity index (χ4n) is 2.52. The summed E-state index contributed by atoms with van der Waals surface area (Å²) in [6.07, 6.45) is 0. The van der Waals surface area contributed by atoms with Crippen molar-refractivity contribution in [3.8, 4) is 11.5 Å². The van der Waals surface area contributed by atoms with Gasteiger partial charge in [-0.15, -0.1) is 11.8 Å². The topological polar surface area (TPSA) is 29.5 Å². The number of hydrogen-bond acceptors (Lipinski definition) is 3. The minimum Gasteiger partial charge on any atom is -0.508 e. The number of hydrogen-bond donors (Lipinski definition) is 1. The zero-order valence-electron chi connectivity index (χ0n) is 12.0. The van der Waals surface area contributed by atoms with Gasteiger partial charge in [-0.05, 0) is 50.1 Å². The van der Waals surface area contributed by atoms with Crippen molar-refractivity contribution < 1.29 is 9.84 Å². The molecule has 2 rings (SSSR count). The average Bonchev–Trinajstić information content (AvgIpc) is 2.48. The fraction of sp³-hybridized carbons (Fsp3) is 0.600. The largest absolute Gasteiger partial charge is 0.508 e. The molecule has 0 spiro atoms. The normalized spacial score (nSPS) is 20.9. The Morgan fingerprint density at radius 1 is 1.33 bits per heavy atom. The minimum atomic E-state index is -0.222. The van der Waals surface area contributed by atoms with Crippen LogP contribution in [0.25, 0.3) is 0 Å².